The molecule has 106 valence electrons. The fourth-order valence-corrected chi connectivity index (χ4v) is 3.30. The zero-order chi connectivity index (χ0) is 13.2. The van der Waals surface area contributed by atoms with Crippen LogP contribution in [0.1, 0.15) is 65.7 Å². The molecule has 2 saturated carbocycles. The normalized spacial score (nSPS) is 25.2. The van der Waals surface area contributed by atoms with Gasteiger partial charge in [-0.3, -0.25) is 4.90 Å². The van der Waals surface area contributed by atoms with E-state index in [1.807, 2.05) is 0 Å². The van der Waals surface area contributed by atoms with E-state index in [4.69, 9.17) is 5.73 Å². The van der Waals surface area contributed by atoms with Crippen LogP contribution in [0.4, 0.5) is 0 Å². The lowest BCUT2D eigenvalue weighted by Crippen LogP contribution is -2.56. The minimum Gasteiger partial charge on any atom is -0.329 e. The lowest BCUT2D eigenvalue weighted by Gasteiger charge is -2.45. The molecule has 2 unspecified atom stereocenters. The summed E-state index contributed by atoms with van der Waals surface area (Å²) in [5.74, 6) is 1.79. The zero-order valence-corrected chi connectivity index (χ0v) is 12.6. The van der Waals surface area contributed by atoms with Gasteiger partial charge in [0.2, 0.25) is 0 Å². The van der Waals surface area contributed by atoms with Gasteiger partial charge in [0.25, 0.3) is 0 Å². The highest BCUT2D eigenvalue weighted by atomic mass is 15.3. The number of hydrogen-bond acceptors (Lipinski definition) is 2. The first kappa shape index (κ1) is 14.3. The van der Waals surface area contributed by atoms with Crippen molar-refractivity contribution in [2.45, 2.75) is 77.3 Å². The summed E-state index contributed by atoms with van der Waals surface area (Å²) < 4.78 is 0. The fourth-order valence-electron chi connectivity index (χ4n) is 3.30. The van der Waals surface area contributed by atoms with Crippen LogP contribution in [0.5, 0.6) is 0 Å². The first-order valence-electron chi connectivity index (χ1n) is 8.12. The minimum atomic E-state index is 0.291. The lowest BCUT2D eigenvalue weighted by atomic mass is 9.82. The molecule has 0 aromatic heterocycles. The minimum absolute atomic E-state index is 0.291. The van der Waals surface area contributed by atoms with Crippen LogP contribution in [0.3, 0.4) is 0 Å². The first-order chi connectivity index (χ1) is 8.65. The van der Waals surface area contributed by atoms with E-state index in [9.17, 15) is 0 Å². The maximum absolute atomic E-state index is 6.24. The van der Waals surface area contributed by atoms with Crippen molar-refractivity contribution >= 4 is 0 Å². The topological polar surface area (TPSA) is 29.3 Å². The molecule has 0 aromatic rings. The Kier molecular flexibility index (Phi) is 4.71. The van der Waals surface area contributed by atoms with Crippen molar-refractivity contribution in [3.63, 3.8) is 0 Å². The van der Waals surface area contributed by atoms with Gasteiger partial charge < -0.3 is 5.73 Å². The average molecular weight is 252 g/mol. The van der Waals surface area contributed by atoms with Crippen molar-refractivity contribution in [1.29, 1.82) is 0 Å². The third kappa shape index (κ3) is 3.27. The molecule has 2 fully saturated rings. The molecular weight excluding hydrogens is 220 g/mol. The van der Waals surface area contributed by atoms with Crippen molar-refractivity contribution < 1.29 is 0 Å². The Morgan fingerprint density at radius 2 is 1.89 bits per heavy atom. The van der Waals surface area contributed by atoms with Crippen molar-refractivity contribution in [3.05, 3.63) is 0 Å². The molecule has 0 heterocycles. The van der Waals surface area contributed by atoms with Crippen LogP contribution in [-0.4, -0.2) is 29.6 Å². The van der Waals surface area contributed by atoms with E-state index in [0.29, 0.717) is 5.54 Å². The third-order valence-corrected chi connectivity index (χ3v) is 5.21. The molecule has 2 heteroatoms. The van der Waals surface area contributed by atoms with Crippen LogP contribution < -0.4 is 5.73 Å². The van der Waals surface area contributed by atoms with Crippen LogP contribution in [-0.2, 0) is 0 Å². The van der Waals surface area contributed by atoms with E-state index >= 15 is 0 Å². The summed E-state index contributed by atoms with van der Waals surface area (Å²) in [7, 11) is 0. The van der Waals surface area contributed by atoms with Gasteiger partial charge in [-0.15, -0.1) is 0 Å². The van der Waals surface area contributed by atoms with Crippen LogP contribution in [0.15, 0.2) is 0 Å². The number of nitrogens with zero attached hydrogens (tertiary/aromatic N) is 1. The van der Waals surface area contributed by atoms with E-state index in [1.165, 1.54) is 51.5 Å². The number of nitrogens with two attached hydrogens (primary N) is 1. The lowest BCUT2D eigenvalue weighted by molar-refractivity contribution is 0.0529. The molecule has 2 aliphatic rings. The quantitative estimate of drug-likeness (QED) is 0.681. The largest absolute Gasteiger partial charge is 0.329 e. The molecule has 2 N–H and O–H groups in total. The maximum atomic E-state index is 6.24. The molecule has 0 aliphatic heterocycles. The van der Waals surface area contributed by atoms with Crippen molar-refractivity contribution in [2.24, 2.45) is 17.6 Å². The Morgan fingerprint density at radius 1 is 1.22 bits per heavy atom. The Bertz CT molecular complexity index is 252. The van der Waals surface area contributed by atoms with Crippen LogP contribution >= 0.6 is 0 Å². The van der Waals surface area contributed by atoms with Crippen molar-refractivity contribution in [1.82, 2.24) is 4.90 Å². The molecule has 0 saturated heterocycles. The van der Waals surface area contributed by atoms with Gasteiger partial charge in [0.05, 0.1) is 0 Å². The summed E-state index contributed by atoms with van der Waals surface area (Å²) in [4.78, 5) is 2.83. The average Bonchev–Trinajstić information content (AvgIpc) is 3.26. The van der Waals surface area contributed by atoms with Gasteiger partial charge in [0, 0.05) is 24.7 Å². The van der Waals surface area contributed by atoms with E-state index in [-0.39, 0.29) is 0 Å². The Morgan fingerprint density at radius 3 is 2.28 bits per heavy atom. The van der Waals surface area contributed by atoms with Gasteiger partial charge in [0.1, 0.15) is 0 Å². The van der Waals surface area contributed by atoms with Crippen molar-refractivity contribution in [2.75, 3.05) is 13.1 Å². The van der Waals surface area contributed by atoms with Gasteiger partial charge in [0.15, 0.2) is 0 Å². The van der Waals surface area contributed by atoms with Crippen LogP contribution in [0.2, 0.25) is 0 Å². The highest BCUT2D eigenvalue weighted by Gasteiger charge is 2.44. The highest BCUT2D eigenvalue weighted by molar-refractivity contribution is 5.01. The fraction of sp³-hybridized carbons (Fsp3) is 1.00. The van der Waals surface area contributed by atoms with E-state index in [0.717, 1.165) is 24.4 Å². The molecule has 0 radical (unpaired) electrons. The molecule has 2 atom stereocenters. The number of rotatable bonds is 9. The van der Waals surface area contributed by atoms with E-state index < -0.39 is 0 Å². The zero-order valence-electron chi connectivity index (χ0n) is 12.6. The Labute approximate surface area is 113 Å². The standard InChI is InChI=1S/C16H32N2/c1-4-13(3)10-16(5-2,12-17)18(15-8-9-15)11-14-6-7-14/h13-15H,4-12,17H2,1-3H3. The van der Waals surface area contributed by atoms with Gasteiger partial charge in [-0.25, -0.2) is 0 Å². The summed E-state index contributed by atoms with van der Waals surface area (Å²) in [5.41, 5.74) is 6.53. The van der Waals surface area contributed by atoms with Gasteiger partial charge in [-0.2, -0.15) is 0 Å². The second kappa shape index (κ2) is 5.92. The monoisotopic (exact) mass is 252 g/mol. The molecule has 0 bridgehead atoms. The summed E-state index contributed by atoms with van der Waals surface area (Å²) >= 11 is 0. The van der Waals surface area contributed by atoms with Gasteiger partial charge in [-0.05, 0) is 50.4 Å². The number of hydrogen-bond donors (Lipinski definition) is 1. The molecule has 2 aliphatic carbocycles. The smallest absolute Gasteiger partial charge is 0.0334 e. The third-order valence-electron chi connectivity index (χ3n) is 5.21. The Balaban J connectivity index is 2.07. The summed E-state index contributed by atoms with van der Waals surface area (Å²) in [6.45, 7) is 9.22. The highest BCUT2D eigenvalue weighted by Crippen LogP contribution is 2.41. The molecule has 0 aromatic carbocycles. The summed E-state index contributed by atoms with van der Waals surface area (Å²) in [6.07, 6.45) is 9.53. The van der Waals surface area contributed by atoms with Crippen LogP contribution in [0.25, 0.3) is 0 Å². The van der Waals surface area contributed by atoms with Crippen molar-refractivity contribution in [3.8, 4) is 0 Å². The van der Waals surface area contributed by atoms with E-state index in [1.54, 1.807) is 0 Å². The summed E-state index contributed by atoms with van der Waals surface area (Å²) in [6, 6.07) is 0.859. The van der Waals surface area contributed by atoms with Gasteiger partial charge in [-0.1, -0.05) is 27.2 Å². The second-order valence-corrected chi connectivity index (χ2v) is 6.83. The molecule has 0 amide bonds. The van der Waals surface area contributed by atoms with Gasteiger partial charge >= 0.3 is 0 Å². The van der Waals surface area contributed by atoms with Crippen LogP contribution in [0, 0.1) is 11.8 Å². The Hall–Kier alpha value is -0.0800. The second-order valence-electron chi connectivity index (χ2n) is 6.83. The molecule has 2 nitrogen and oxygen atoms in total. The summed E-state index contributed by atoms with van der Waals surface area (Å²) in [5, 5.41) is 0. The molecular formula is C16H32N2. The molecule has 0 spiro atoms. The molecule has 18 heavy (non-hydrogen) atoms. The molecule has 2 rings (SSSR count). The first-order valence-corrected chi connectivity index (χ1v) is 8.12. The van der Waals surface area contributed by atoms with E-state index in [2.05, 4.69) is 25.7 Å². The predicted octanol–water partition coefficient (Wildman–Crippen LogP) is 3.40. The predicted molar refractivity (Wildman–Crippen MR) is 78.6 cm³/mol. The SMILES string of the molecule is CCC(C)CC(CC)(CN)N(CC1CC1)C1CC1. The maximum Gasteiger partial charge on any atom is 0.0334 e.